The Balaban J connectivity index is 1.70. The molecular weight excluding hydrogens is 466 g/mol. The Hall–Kier alpha value is -3.08. The van der Waals surface area contributed by atoms with E-state index in [0.29, 0.717) is 43.7 Å². The Morgan fingerprint density at radius 1 is 1.17 bits per heavy atom. The van der Waals surface area contributed by atoms with Gasteiger partial charge in [0.1, 0.15) is 5.69 Å². The van der Waals surface area contributed by atoms with Crippen molar-refractivity contribution in [3.63, 3.8) is 0 Å². The second-order valence-electron chi connectivity index (χ2n) is 9.10. The minimum absolute atomic E-state index is 0.0678. The smallest absolute Gasteiger partial charge is 0.293 e. The third-order valence-electron chi connectivity index (χ3n) is 6.04. The summed E-state index contributed by atoms with van der Waals surface area (Å²) in [4.78, 5) is 35.7. The SMILES string of the molecule is Cc1cc(C)c2sc(N(CCCN(C)C)C(=O)c3ccc(N4CCOCC4)c([N+](=O)[O-])c3)nc2c1. The van der Waals surface area contributed by atoms with Gasteiger partial charge in [-0.1, -0.05) is 17.4 Å². The summed E-state index contributed by atoms with van der Waals surface area (Å²) in [5, 5.41) is 12.5. The van der Waals surface area contributed by atoms with Gasteiger partial charge in [0.25, 0.3) is 11.6 Å². The van der Waals surface area contributed by atoms with E-state index in [9.17, 15) is 14.9 Å². The Bertz CT molecular complexity index is 1240. The van der Waals surface area contributed by atoms with E-state index in [1.165, 1.54) is 17.4 Å². The number of thiazole rings is 1. The molecule has 0 saturated carbocycles. The molecule has 1 aliphatic heterocycles. The number of aromatic nitrogens is 1. The maximum Gasteiger partial charge on any atom is 0.293 e. The fourth-order valence-corrected chi connectivity index (χ4v) is 5.38. The van der Waals surface area contributed by atoms with Crippen LogP contribution >= 0.6 is 11.3 Å². The molecule has 4 rings (SSSR count). The van der Waals surface area contributed by atoms with Crippen molar-refractivity contribution < 1.29 is 14.5 Å². The van der Waals surface area contributed by atoms with Gasteiger partial charge in [0.2, 0.25) is 0 Å². The summed E-state index contributed by atoms with van der Waals surface area (Å²) in [6, 6.07) is 8.89. The Labute approximate surface area is 209 Å². The molecule has 2 aromatic carbocycles. The van der Waals surface area contributed by atoms with Gasteiger partial charge < -0.3 is 14.5 Å². The third kappa shape index (κ3) is 5.61. The number of anilines is 2. The molecule has 1 aliphatic rings. The summed E-state index contributed by atoms with van der Waals surface area (Å²) in [5.74, 6) is -0.284. The molecule has 1 aromatic heterocycles. The van der Waals surface area contributed by atoms with Crippen LogP contribution < -0.4 is 9.80 Å². The lowest BCUT2D eigenvalue weighted by atomic mass is 10.1. The number of morpholine rings is 1. The highest BCUT2D eigenvalue weighted by Gasteiger charge is 2.27. The summed E-state index contributed by atoms with van der Waals surface area (Å²) in [5.41, 5.74) is 3.83. The number of ether oxygens (including phenoxy) is 1. The van der Waals surface area contributed by atoms with Gasteiger partial charge in [-0.2, -0.15) is 0 Å². The zero-order chi connectivity index (χ0) is 25.1. The van der Waals surface area contributed by atoms with Crippen molar-refractivity contribution in [2.75, 3.05) is 63.3 Å². The van der Waals surface area contributed by atoms with E-state index < -0.39 is 4.92 Å². The highest BCUT2D eigenvalue weighted by molar-refractivity contribution is 7.22. The maximum absolute atomic E-state index is 13.7. The number of carbonyl (C=O) groups excluding carboxylic acids is 1. The van der Waals surface area contributed by atoms with E-state index in [-0.39, 0.29) is 17.2 Å². The van der Waals surface area contributed by atoms with E-state index in [1.54, 1.807) is 17.0 Å². The largest absolute Gasteiger partial charge is 0.378 e. The highest BCUT2D eigenvalue weighted by Crippen LogP contribution is 2.34. The van der Waals surface area contributed by atoms with Gasteiger partial charge >= 0.3 is 0 Å². The molecule has 1 amide bonds. The summed E-state index contributed by atoms with van der Waals surface area (Å²) in [7, 11) is 3.98. The number of nitro benzene ring substituents is 1. The first-order chi connectivity index (χ1) is 16.7. The molecule has 0 bridgehead atoms. The van der Waals surface area contributed by atoms with Crippen molar-refractivity contribution >= 4 is 44.0 Å². The van der Waals surface area contributed by atoms with Crippen molar-refractivity contribution in [1.82, 2.24) is 9.88 Å². The van der Waals surface area contributed by atoms with E-state index in [4.69, 9.17) is 9.72 Å². The van der Waals surface area contributed by atoms with Crippen LogP contribution in [0.5, 0.6) is 0 Å². The van der Waals surface area contributed by atoms with Gasteiger partial charge in [0, 0.05) is 31.3 Å². The van der Waals surface area contributed by atoms with E-state index >= 15 is 0 Å². The highest BCUT2D eigenvalue weighted by atomic mass is 32.1. The Morgan fingerprint density at radius 2 is 1.91 bits per heavy atom. The molecule has 0 aliphatic carbocycles. The summed E-state index contributed by atoms with van der Waals surface area (Å²) < 4.78 is 6.42. The van der Waals surface area contributed by atoms with Gasteiger partial charge in [-0.05, 0) is 70.2 Å². The molecule has 0 atom stereocenters. The predicted molar refractivity (Wildman–Crippen MR) is 140 cm³/mol. The van der Waals surface area contributed by atoms with Crippen LogP contribution in [0.1, 0.15) is 27.9 Å². The second kappa shape index (κ2) is 10.7. The number of aryl methyl sites for hydroxylation is 2. The zero-order valence-electron chi connectivity index (χ0n) is 20.6. The molecule has 1 saturated heterocycles. The summed E-state index contributed by atoms with van der Waals surface area (Å²) >= 11 is 1.48. The Morgan fingerprint density at radius 3 is 2.60 bits per heavy atom. The number of carbonyl (C=O) groups is 1. The van der Waals surface area contributed by atoms with Gasteiger partial charge in [0.05, 0.1) is 28.4 Å². The first-order valence-corrected chi connectivity index (χ1v) is 12.5. The monoisotopic (exact) mass is 497 g/mol. The van der Waals surface area contributed by atoms with E-state index in [0.717, 1.165) is 34.3 Å². The lowest BCUT2D eigenvalue weighted by Crippen LogP contribution is -2.37. The average molecular weight is 498 g/mol. The normalized spacial score (nSPS) is 14.0. The molecule has 0 unspecified atom stereocenters. The molecule has 2 heterocycles. The molecule has 0 N–H and O–H groups in total. The van der Waals surface area contributed by atoms with Gasteiger partial charge in [-0.25, -0.2) is 4.98 Å². The number of amides is 1. The molecule has 35 heavy (non-hydrogen) atoms. The quantitative estimate of drug-likeness (QED) is 0.339. The maximum atomic E-state index is 13.7. The molecule has 10 heteroatoms. The average Bonchev–Trinajstić information content (AvgIpc) is 3.25. The standard InChI is InChI=1S/C25H31N5O4S/c1-17-14-18(2)23-20(15-17)26-25(35-23)29(9-5-8-27(3)4)24(31)19-6-7-21(22(16-19)30(32)33)28-10-12-34-13-11-28/h6-7,14-16H,5,8-13H2,1-4H3. The molecule has 1 fully saturated rings. The van der Waals surface area contributed by atoms with Crippen molar-refractivity contribution in [3.05, 3.63) is 57.1 Å². The Kier molecular flexibility index (Phi) is 7.63. The van der Waals surface area contributed by atoms with Gasteiger partial charge in [-0.15, -0.1) is 0 Å². The number of nitro groups is 1. The third-order valence-corrected chi connectivity index (χ3v) is 7.27. The molecule has 0 spiro atoms. The lowest BCUT2D eigenvalue weighted by Gasteiger charge is -2.28. The van der Waals surface area contributed by atoms with Crippen LogP contribution in [0.25, 0.3) is 10.2 Å². The minimum Gasteiger partial charge on any atom is -0.378 e. The molecular formula is C25H31N5O4S. The van der Waals surface area contributed by atoms with Crippen LogP contribution in [0.15, 0.2) is 30.3 Å². The van der Waals surface area contributed by atoms with Crippen LogP contribution in [-0.4, -0.2) is 74.2 Å². The van der Waals surface area contributed by atoms with E-state index in [1.807, 2.05) is 38.9 Å². The van der Waals surface area contributed by atoms with Crippen molar-refractivity contribution in [3.8, 4) is 0 Å². The second-order valence-corrected chi connectivity index (χ2v) is 10.1. The van der Waals surface area contributed by atoms with Crippen LogP contribution in [0.4, 0.5) is 16.5 Å². The van der Waals surface area contributed by atoms with Crippen molar-refractivity contribution in [2.45, 2.75) is 20.3 Å². The minimum atomic E-state index is -0.415. The topological polar surface area (TPSA) is 92.0 Å². The molecule has 9 nitrogen and oxygen atoms in total. The fraction of sp³-hybridized carbons (Fsp3) is 0.440. The van der Waals surface area contributed by atoms with Crippen LogP contribution in [-0.2, 0) is 4.74 Å². The number of fused-ring (bicyclic) bond motifs is 1. The molecule has 186 valence electrons. The lowest BCUT2D eigenvalue weighted by molar-refractivity contribution is -0.384. The van der Waals surface area contributed by atoms with Crippen LogP contribution in [0, 0.1) is 24.0 Å². The van der Waals surface area contributed by atoms with Gasteiger partial charge in [0.15, 0.2) is 5.13 Å². The molecule has 3 aromatic rings. The van der Waals surface area contributed by atoms with Crippen LogP contribution in [0.2, 0.25) is 0 Å². The number of nitrogens with zero attached hydrogens (tertiary/aromatic N) is 5. The zero-order valence-corrected chi connectivity index (χ0v) is 21.4. The summed E-state index contributed by atoms with van der Waals surface area (Å²) in [6.45, 7) is 7.55. The van der Waals surface area contributed by atoms with Crippen LogP contribution in [0.3, 0.4) is 0 Å². The number of hydrogen-bond donors (Lipinski definition) is 0. The van der Waals surface area contributed by atoms with Gasteiger partial charge in [-0.3, -0.25) is 19.8 Å². The first kappa shape index (κ1) is 25.0. The number of rotatable bonds is 8. The van der Waals surface area contributed by atoms with Crippen molar-refractivity contribution in [2.24, 2.45) is 0 Å². The number of benzene rings is 2. The summed E-state index contributed by atoms with van der Waals surface area (Å²) in [6.07, 6.45) is 0.751. The predicted octanol–water partition coefficient (Wildman–Crippen LogP) is 4.26. The number of hydrogen-bond acceptors (Lipinski definition) is 8. The first-order valence-electron chi connectivity index (χ1n) is 11.7. The fourth-order valence-electron chi connectivity index (χ4n) is 4.34. The van der Waals surface area contributed by atoms with Crippen molar-refractivity contribution in [1.29, 1.82) is 0 Å². The van der Waals surface area contributed by atoms with E-state index in [2.05, 4.69) is 11.0 Å². The molecule has 0 radical (unpaired) electrons.